The molecule has 2 rings (SSSR count). The summed E-state index contributed by atoms with van der Waals surface area (Å²) in [4.78, 5) is 23.1. The van der Waals surface area contributed by atoms with Crippen LogP contribution in [0.1, 0.15) is 36.0 Å². The van der Waals surface area contributed by atoms with E-state index in [0.29, 0.717) is 6.42 Å². The summed E-state index contributed by atoms with van der Waals surface area (Å²) in [5, 5.41) is 21.2. The second-order valence-corrected chi connectivity index (χ2v) is 5.33. The zero-order valence-corrected chi connectivity index (χ0v) is 11.5. The second-order valence-electron chi connectivity index (χ2n) is 5.33. The Labute approximate surface area is 121 Å². The van der Waals surface area contributed by atoms with E-state index < -0.39 is 34.9 Å². The van der Waals surface area contributed by atoms with Crippen molar-refractivity contribution in [2.75, 3.05) is 6.54 Å². The smallest absolute Gasteiger partial charge is 0.306 e. The average molecular weight is 295 g/mol. The summed E-state index contributed by atoms with van der Waals surface area (Å²) < 4.78 is 13.6. The SMILES string of the molecule is O=C(NCC1CCCCC1C(=O)O)c1c(O)cccc1F. The first-order valence-electron chi connectivity index (χ1n) is 6.99. The number of nitrogens with one attached hydrogen (secondary N) is 1. The Morgan fingerprint density at radius 2 is 2.00 bits per heavy atom. The predicted molar refractivity (Wildman–Crippen MR) is 73.5 cm³/mol. The molecule has 21 heavy (non-hydrogen) atoms. The number of carboxylic acid groups (broad SMARTS) is 1. The predicted octanol–water partition coefficient (Wildman–Crippen LogP) is 2.15. The summed E-state index contributed by atoms with van der Waals surface area (Å²) in [7, 11) is 0. The van der Waals surface area contributed by atoms with Crippen molar-refractivity contribution < 1.29 is 24.2 Å². The molecule has 2 atom stereocenters. The molecule has 0 saturated heterocycles. The molecule has 0 radical (unpaired) electrons. The number of rotatable bonds is 4. The molecule has 1 aliphatic rings. The van der Waals surface area contributed by atoms with Crippen LogP contribution in [0, 0.1) is 17.7 Å². The summed E-state index contributed by atoms with van der Waals surface area (Å²) in [5.74, 6) is -3.44. The second kappa shape index (κ2) is 6.56. The van der Waals surface area contributed by atoms with E-state index >= 15 is 0 Å². The number of benzene rings is 1. The van der Waals surface area contributed by atoms with Gasteiger partial charge in [-0.2, -0.15) is 0 Å². The lowest BCUT2D eigenvalue weighted by atomic mass is 9.79. The third kappa shape index (κ3) is 3.51. The van der Waals surface area contributed by atoms with Gasteiger partial charge in [-0.15, -0.1) is 0 Å². The van der Waals surface area contributed by atoms with Crippen molar-refractivity contribution >= 4 is 11.9 Å². The molecule has 1 aromatic carbocycles. The molecular formula is C15H18FNO4. The van der Waals surface area contributed by atoms with Crippen LogP contribution in [0.4, 0.5) is 4.39 Å². The third-order valence-corrected chi connectivity index (χ3v) is 3.97. The molecule has 0 heterocycles. The van der Waals surface area contributed by atoms with Gasteiger partial charge in [0.2, 0.25) is 0 Å². The number of carbonyl (C=O) groups excluding carboxylic acids is 1. The van der Waals surface area contributed by atoms with Gasteiger partial charge in [0.05, 0.1) is 5.92 Å². The quantitative estimate of drug-likeness (QED) is 0.794. The van der Waals surface area contributed by atoms with Crippen molar-refractivity contribution in [1.82, 2.24) is 5.32 Å². The van der Waals surface area contributed by atoms with Crippen LogP contribution in [0.2, 0.25) is 0 Å². The molecule has 0 aromatic heterocycles. The van der Waals surface area contributed by atoms with Gasteiger partial charge in [-0.3, -0.25) is 9.59 Å². The number of aromatic hydroxyl groups is 1. The van der Waals surface area contributed by atoms with Gasteiger partial charge in [-0.05, 0) is 30.9 Å². The highest BCUT2D eigenvalue weighted by Crippen LogP contribution is 2.30. The van der Waals surface area contributed by atoms with E-state index in [9.17, 15) is 19.1 Å². The van der Waals surface area contributed by atoms with Gasteiger partial charge in [0.15, 0.2) is 0 Å². The van der Waals surface area contributed by atoms with Gasteiger partial charge < -0.3 is 15.5 Å². The number of carboxylic acids is 1. The molecular weight excluding hydrogens is 277 g/mol. The molecule has 1 amide bonds. The van der Waals surface area contributed by atoms with Crippen LogP contribution in [0.3, 0.4) is 0 Å². The Morgan fingerprint density at radius 3 is 2.67 bits per heavy atom. The van der Waals surface area contributed by atoms with Crippen LogP contribution in [-0.2, 0) is 4.79 Å². The van der Waals surface area contributed by atoms with E-state index in [1.54, 1.807) is 0 Å². The van der Waals surface area contributed by atoms with Crippen LogP contribution in [0.5, 0.6) is 5.75 Å². The lowest BCUT2D eigenvalue weighted by Gasteiger charge is -2.28. The molecule has 1 aromatic rings. The molecule has 3 N–H and O–H groups in total. The molecule has 1 fully saturated rings. The highest BCUT2D eigenvalue weighted by atomic mass is 19.1. The number of hydrogen-bond donors (Lipinski definition) is 3. The van der Waals surface area contributed by atoms with Gasteiger partial charge in [0.25, 0.3) is 5.91 Å². The fraction of sp³-hybridized carbons (Fsp3) is 0.467. The molecule has 0 aliphatic heterocycles. The number of aliphatic carboxylic acids is 1. The number of carbonyl (C=O) groups is 2. The number of halogens is 1. The Bertz CT molecular complexity index is 526. The van der Waals surface area contributed by atoms with E-state index in [2.05, 4.69) is 5.32 Å². The van der Waals surface area contributed by atoms with Crippen LogP contribution >= 0.6 is 0 Å². The minimum absolute atomic E-state index is 0.158. The average Bonchev–Trinajstić information content (AvgIpc) is 2.45. The Balaban J connectivity index is 2.02. The standard InChI is InChI=1S/C15H18FNO4/c16-11-6-3-7-12(18)13(11)14(19)17-8-9-4-1-2-5-10(9)15(20)21/h3,6-7,9-10,18H,1-2,4-5,8H2,(H,17,19)(H,20,21). The van der Waals surface area contributed by atoms with Crippen molar-refractivity contribution in [2.24, 2.45) is 11.8 Å². The molecule has 1 aliphatic carbocycles. The fourth-order valence-electron chi connectivity index (χ4n) is 2.83. The lowest BCUT2D eigenvalue weighted by Crippen LogP contribution is -2.37. The molecule has 2 unspecified atom stereocenters. The van der Waals surface area contributed by atoms with Crippen LogP contribution < -0.4 is 5.32 Å². The third-order valence-electron chi connectivity index (χ3n) is 3.97. The van der Waals surface area contributed by atoms with Gasteiger partial charge >= 0.3 is 5.97 Å². The number of hydrogen-bond acceptors (Lipinski definition) is 3. The summed E-state index contributed by atoms with van der Waals surface area (Å²) in [6, 6.07) is 3.64. The summed E-state index contributed by atoms with van der Waals surface area (Å²) in [6.45, 7) is 0.170. The first-order chi connectivity index (χ1) is 10.0. The molecule has 114 valence electrons. The first-order valence-corrected chi connectivity index (χ1v) is 6.99. The zero-order chi connectivity index (χ0) is 15.4. The van der Waals surface area contributed by atoms with Gasteiger partial charge in [-0.25, -0.2) is 4.39 Å². The first kappa shape index (κ1) is 15.3. The monoisotopic (exact) mass is 295 g/mol. The molecule has 1 saturated carbocycles. The van der Waals surface area contributed by atoms with Gasteiger partial charge in [0.1, 0.15) is 17.1 Å². The Kier molecular flexibility index (Phi) is 4.77. The molecule has 5 nitrogen and oxygen atoms in total. The lowest BCUT2D eigenvalue weighted by molar-refractivity contribution is -0.144. The molecule has 0 bridgehead atoms. The summed E-state index contributed by atoms with van der Waals surface area (Å²) in [6.07, 6.45) is 3.12. The highest BCUT2D eigenvalue weighted by molar-refractivity contribution is 5.97. The van der Waals surface area contributed by atoms with E-state index in [0.717, 1.165) is 25.3 Å². The minimum Gasteiger partial charge on any atom is -0.507 e. The van der Waals surface area contributed by atoms with E-state index in [1.807, 2.05) is 0 Å². The van der Waals surface area contributed by atoms with E-state index in [4.69, 9.17) is 5.11 Å². The zero-order valence-electron chi connectivity index (χ0n) is 11.5. The Hall–Kier alpha value is -2.11. The number of phenolic OH excluding ortho intramolecular Hbond substituents is 1. The van der Waals surface area contributed by atoms with Crippen molar-refractivity contribution in [3.8, 4) is 5.75 Å². The van der Waals surface area contributed by atoms with Crippen molar-refractivity contribution in [1.29, 1.82) is 0 Å². The van der Waals surface area contributed by atoms with Crippen LogP contribution in [0.15, 0.2) is 18.2 Å². The maximum atomic E-state index is 13.6. The van der Waals surface area contributed by atoms with Crippen LogP contribution in [0.25, 0.3) is 0 Å². The molecule has 6 heteroatoms. The van der Waals surface area contributed by atoms with Crippen LogP contribution in [-0.4, -0.2) is 28.6 Å². The normalized spacial score (nSPS) is 21.8. The molecule has 0 spiro atoms. The number of phenols is 1. The largest absolute Gasteiger partial charge is 0.507 e. The van der Waals surface area contributed by atoms with Gasteiger partial charge in [0, 0.05) is 6.54 Å². The maximum Gasteiger partial charge on any atom is 0.306 e. The Morgan fingerprint density at radius 1 is 1.29 bits per heavy atom. The summed E-state index contributed by atoms with van der Waals surface area (Å²) >= 11 is 0. The minimum atomic E-state index is -0.859. The van der Waals surface area contributed by atoms with Gasteiger partial charge in [-0.1, -0.05) is 18.9 Å². The van der Waals surface area contributed by atoms with E-state index in [-0.39, 0.29) is 12.5 Å². The highest BCUT2D eigenvalue weighted by Gasteiger charge is 2.31. The maximum absolute atomic E-state index is 13.6. The van der Waals surface area contributed by atoms with E-state index in [1.165, 1.54) is 12.1 Å². The van der Waals surface area contributed by atoms with Crippen molar-refractivity contribution in [3.63, 3.8) is 0 Å². The van der Waals surface area contributed by atoms with Crippen molar-refractivity contribution in [2.45, 2.75) is 25.7 Å². The summed E-state index contributed by atoms with van der Waals surface area (Å²) in [5.41, 5.74) is -0.403. The van der Waals surface area contributed by atoms with Crippen molar-refractivity contribution in [3.05, 3.63) is 29.6 Å². The topological polar surface area (TPSA) is 86.6 Å². The fourth-order valence-corrected chi connectivity index (χ4v) is 2.83. The number of amides is 1.